The highest BCUT2D eigenvalue weighted by atomic mass is 16.3. The molecule has 2 aromatic rings. The van der Waals surface area contributed by atoms with Gasteiger partial charge < -0.3 is 20.0 Å². The number of hydrogen-bond donors (Lipinski definition) is 2. The maximum absolute atomic E-state index is 13.8. The summed E-state index contributed by atoms with van der Waals surface area (Å²) in [6.45, 7) is 5.66. The normalized spacial score (nSPS) is 19.2. The van der Waals surface area contributed by atoms with Gasteiger partial charge in [0.1, 0.15) is 5.76 Å². The fourth-order valence-electron chi connectivity index (χ4n) is 5.17. The van der Waals surface area contributed by atoms with Crippen LogP contribution in [0.25, 0.3) is 0 Å². The highest BCUT2D eigenvalue weighted by molar-refractivity contribution is 6.35. The second kappa shape index (κ2) is 10.0. The van der Waals surface area contributed by atoms with E-state index in [0.29, 0.717) is 12.2 Å². The molecule has 2 aliphatic carbocycles. The molecule has 4 rings (SSSR count). The molecule has 0 spiro atoms. The molecule has 7 nitrogen and oxygen atoms in total. The van der Waals surface area contributed by atoms with E-state index in [1.54, 1.807) is 12.1 Å². The van der Waals surface area contributed by atoms with Crippen LogP contribution in [0.3, 0.4) is 0 Å². The van der Waals surface area contributed by atoms with E-state index in [9.17, 15) is 14.4 Å². The van der Waals surface area contributed by atoms with Gasteiger partial charge in [-0.3, -0.25) is 14.4 Å². The number of rotatable bonds is 5. The predicted molar refractivity (Wildman–Crippen MR) is 129 cm³/mol. The molecule has 1 fully saturated rings. The number of hydrogen-bond acceptors (Lipinski definition) is 4. The van der Waals surface area contributed by atoms with Crippen LogP contribution in [0.15, 0.2) is 47.1 Å². The lowest BCUT2D eigenvalue weighted by Crippen LogP contribution is -2.54. The Labute approximate surface area is 201 Å². The molecule has 0 aliphatic heterocycles. The molecule has 0 bridgehead atoms. The van der Waals surface area contributed by atoms with Crippen molar-refractivity contribution in [3.05, 3.63) is 59.5 Å². The molecule has 1 heterocycles. The third-order valence-electron chi connectivity index (χ3n) is 6.63. The molecular weight excluding hydrogens is 430 g/mol. The molecule has 0 unspecified atom stereocenters. The Balaban J connectivity index is 1.76. The highest BCUT2D eigenvalue weighted by Gasteiger charge is 2.43. The summed E-state index contributed by atoms with van der Waals surface area (Å²) in [5.41, 5.74) is 1.60. The quantitative estimate of drug-likeness (QED) is 0.648. The fourth-order valence-corrected chi connectivity index (χ4v) is 5.17. The number of aryl methyl sites for hydroxylation is 1. The molecule has 0 saturated heterocycles. The van der Waals surface area contributed by atoms with Gasteiger partial charge >= 0.3 is 11.8 Å². The van der Waals surface area contributed by atoms with Crippen molar-refractivity contribution >= 4 is 17.7 Å². The average molecular weight is 466 g/mol. The van der Waals surface area contributed by atoms with Crippen LogP contribution >= 0.6 is 0 Å². The molecule has 2 aliphatic rings. The van der Waals surface area contributed by atoms with Crippen molar-refractivity contribution in [2.45, 2.75) is 89.4 Å². The number of carbonyl (C=O) groups is 3. The van der Waals surface area contributed by atoms with E-state index in [0.717, 1.165) is 49.7 Å². The van der Waals surface area contributed by atoms with E-state index in [1.165, 1.54) is 11.2 Å². The molecule has 2 N–H and O–H groups in total. The monoisotopic (exact) mass is 465 g/mol. The smallest absolute Gasteiger partial charge is 0.313 e. The van der Waals surface area contributed by atoms with E-state index in [4.69, 9.17) is 4.42 Å². The first-order valence-electron chi connectivity index (χ1n) is 12.3. The van der Waals surface area contributed by atoms with Gasteiger partial charge in [0.15, 0.2) is 6.04 Å². The fraction of sp³-hybridized carbons (Fsp3) is 0.519. The Morgan fingerprint density at radius 3 is 2.41 bits per heavy atom. The largest absolute Gasteiger partial charge is 0.467 e. The van der Waals surface area contributed by atoms with Gasteiger partial charge in [-0.1, -0.05) is 37.1 Å². The van der Waals surface area contributed by atoms with Crippen molar-refractivity contribution in [3.63, 3.8) is 0 Å². The summed E-state index contributed by atoms with van der Waals surface area (Å²) in [5, 5.41) is 5.91. The predicted octanol–water partition coefficient (Wildman–Crippen LogP) is 4.20. The lowest BCUT2D eigenvalue weighted by atomic mass is 9.85. The second-order valence-corrected chi connectivity index (χ2v) is 10.4. The van der Waals surface area contributed by atoms with E-state index in [-0.39, 0.29) is 11.9 Å². The van der Waals surface area contributed by atoms with Gasteiger partial charge in [-0.05, 0) is 76.1 Å². The Morgan fingerprint density at radius 1 is 1.00 bits per heavy atom. The van der Waals surface area contributed by atoms with Crippen LogP contribution in [0.1, 0.15) is 88.3 Å². The summed E-state index contributed by atoms with van der Waals surface area (Å²) in [6.07, 6.45) is 7.75. The first kappa shape index (κ1) is 24.0. The van der Waals surface area contributed by atoms with Crippen molar-refractivity contribution in [1.29, 1.82) is 0 Å². The number of nitrogens with zero attached hydrogens (tertiary/aromatic N) is 1. The molecular formula is C27H35N3O4. The van der Waals surface area contributed by atoms with Crippen LogP contribution in [0.5, 0.6) is 0 Å². The third kappa shape index (κ3) is 5.34. The SMILES string of the molecule is CC(C)(C)NC(=O)[C@@H](c1ccco1)N(C(=O)C(=O)NC1CCCC1)[C@H]1CCCc2ccccc21. The summed E-state index contributed by atoms with van der Waals surface area (Å²) >= 11 is 0. The van der Waals surface area contributed by atoms with Crippen LogP contribution < -0.4 is 10.6 Å². The molecule has 1 saturated carbocycles. The molecule has 182 valence electrons. The first-order chi connectivity index (χ1) is 16.2. The highest BCUT2D eigenvalue weighted by Crippen LogP contribution is 2.39. The third-order valence-corrected chi connectivity index (χ3v) is 6.63. The van der Waals surface area contributed by atoms with E-state index in [2.05, 4.69) is 16.7 Å². The molecule has 2 atom stereocenters. The van der Waals surface area contributed by atoms with Gasteiger partial charge in [-0.2, -0.15) is 0 Å². The standard InChI is InChI=1S/C27H35N3O4/c1-27(2,3)29-24(31)23(22-16-9-17-34-22)30(26(33)25(32)28-19-12-5-6-13-19)21-15-8-11-18-10-4-7-14-20(18)21/h4,7,9-10,14,16-17,19,21,23H,5-6,8,11-13,15H2,1-3H3,(H,28,32)(H,29,31)/t21-,23+/m0/s1. The Bertz CT molecular complexity index is 1020. The van der Waals surface area contributed by atoms with Crippen molar-refractivity contribution in [3.8, 4) is 0 Å². The Morgan fingerprint density at radius 2 is 1.74 bits per heavy atom. The molecule has 0 radical (unpaired) electrons. The summed E-state index contributed by atoms with van der Waals surface area (Å²) < 4.78 is 5.67. The number of amides is 3. The van der Waals surface area contributed by atoms with Gasteiger partial charge in [-0.25, -0.2) is 0 Å². The van der Waals surface area contributed by atoms with Crippen molar-refractivity contribution < 1.29 is 18.8 Å². The number of carbonyl (C=O) groups excluding carboxylic acids is 3. The zero-order chi connectivity index (χ0) is 24.3. The van der Waals surface area contributed by atoms with Crippen LogP contribution in [0.4, 0.5) is 0 Å². The first-order valence-corrected chi connectivity index (χ1v) is 12.3. The minimum atomic E-state index is -1.06. The summed E-state index contributed by atoms with van der Waals surface area (Å²) in [5.74, 6) is -1.38. The average Bonchev–Trinajstić information content (AvgIpc) is 3.50. The van der Waals surface area contributed by atoms with Crippen molar-refractivity contribution in [2.24, 2.45) is 0 Å². The number of benzene rings is 1. The Hall–Kier alpha value is -3.09. The molecule has 1 aromatic carbocycles. The molecule has 34 heavy (non-hydrogen) atoms. The number of fused-ring (bicyclic) bond motifs is 1. The van der Waals surface area contributed by atoms with Crippen molar-refractivity contribution in [1.82, 2.24) is 15.5 Å². The van der Waals surface area contributed by atoms with Gasteiger partial charge in [0.2, 0.25) is 0 Å². The van der Waals surface area contributed by atoms with E-state index < -0.39 is 29.4 Å². The lowest BCUT2D eigenvalue weighted by molar-refractivity contribution is -0.153. The minimum absolute atomic E-state index is 0.00223. The van der Waals surface area contributed by atoms with Gasteiger partial charge in [0.05, 0.1) is 12.3 Å². The minimum Gasteiger partial charge on any atom is -0.467 e. The zero-order valence-electron chi connectivity index (χ0n) is 20.3. The van der Waals surface area contributed by atoms with E-state index >= 15 is 0 Å². The molecule has 3 amide bonds. The Kier molecular flexibility index (Phi) is 7.10. The summed E-state index contributed by atoms with van der Waals surface area (Å²) in [4.78, 5) is 42.1. The van der Waals surface area contributed by atoms with Gasteiger partial charge in [-0.15, -0.1) is 0 Å². The molecule has 7 heteroatoms. The van der Waals surface area contributed by atoms with Crippen LogP contribution in [0.2, 0.25) is 0 Å². The number of nitrogens with one attached hydrogen (secondary N) is 2. The molecule has 1 aromatic heterocycles. The van der Waals surface area contributed by atoms with Crippen LogP contribution in [-0.2, 0) is 20.8 Å². The van der Waals surface area contributed by atoms with Crippen molar-refractivity contribution in [2.75, 3.05) is 0 Å². The number of furan rings is 1. The summed E-state index contributed by atoms with van der Waals surface area (Å²) in [6, 6.07) is 9.89. The summed E-state index contributed by atoms with van der Waals surface area (Å²) in [7, 11) is 0. The van der Waals surface area contributed by atoms with Crippen LogP contribution in [-0.4, -0.2) is 34.2 Å². The second-order valence-electron chi connectivity index (χ2n) is 10.4. The van der Waals surface area contributed by atoms with E-state index in [1.807, 2.05) is 39.0 Å². The topological polar surface area (TPSA) is 91.7 Å². The zero-order valence-corrected chi connectivity index (χ0v) is 20.3. The maximum atomic E-state index is 13.8. The lowest BCUT2D eigenvalue weighted by Gasteiger charge is -2.40. The van der Waals surface area contributed by atoms with Crippen LogP contribution in [0, 0.1) is 0 Å². The van der Waals surface area contributed by atoms with Gasteiger partial charge in [0, 0.05) is 11.6 Å². The maximum Gasteiger partial charge on any atom is 0.313 e. The van der Waals surface area contributed by atoms with Gasteiger partial charge in [0.25, 0.3) is 5.91 Å².